The number of hydrogen-bond donors (Lipinski definition) is 4. The largest absolute Gasteiger partial charge is 0.494 e. The number of fused-ring (bicyclic) bond motifs is 3. The number of alkyl carbamates (subject to hydrolysis) is 1. The van der Waals surface area contributed by atoms with Crippen molar-refractivity contribution < 1.29 is 46.9 Å². The summed E-state index contributed by atoms with van der Waals surface area (Å²) in [5, 5.41) is 16.9. The van der Waals surface area contributed by atoms with E-state index in [1.165, 1.54) is 11.1 Å². The number of allylic oxidation sites excluding steroid dienone is 1. The van der Waals surface area contributed by atoms with E-state index in [-0.39, 0.29) is 49.9 Å². The zero-order chi connectivity index (χ0) is 39.9. The van der Waals surface area contributed by atoms with Gasteiger partial charge in [0.2, 0.25) is 27.7 Å². The van der Waals surface area contributed by atoms with E-state index < -0.39 is 80.4 Å². The molecule has 0 bridgehead atoms. The van der Waals surface area contributed by atoms with Gasteiger partial charge in [-0.05, 0) is 77.2 Å². The topological polar surface area (TPSA) is 203 Å². The fourth-order valence-electron chi connectivity index (χ4n) is 7.78. The monoisotopic (exact) mass is 783 g/mol. The van der Waals surface area contributed by atoms with Crippen LogP contribution in [0.15, 0.2) is 42.6 Å². The summed E-state index contributed by atoms with van der Waals surface area (Å²) in [6.45, 7) is 8.42. The van der Waals surface area contributed by atoms with Crippen molar-refractivity contribution in [2.24, 2.45) is 17.8 Å². The highest BCUT2D eigenvalue weighted by Crippen LogP contribution is 2.48. The number of hydrogen-bond acceptors (Lipinski definition) is 11. The molecule has 4 amide bonds. The van der Waals surface area contributed by atoms with Crippen LogP contribution in [0.2, 0.25) is 0 Å². The van der Waals surface area contributed by atoms with E-state index in [0.29, 0.717) is 24.0 Å². The van der Waals surface area contributed by atoms with E-state index in [1.54, 1.807) is 27.9 Å². The highest BCUT2D eigenvalue weighted by Gasteiger charge is 2.64. The molecule has 6 rings (SSSR count). The molecule has 4 aliphatic rings. The van der Waals surface area contributed by atoms with Gasteiger partial charge < -0.3 is 34.9 Å². The second kappa shape index (κ2) is 15.2. The predicted octanol–water partition coefficient (Wildman–Crippen LogP) is 3.34. The molecule has 7 atom stereocenters. The number of aromatic nitrogens is 1. The molecule has 4 N–H and O–H groups in total. The molecule has 15 nitrogen and oxygen atoms in total. The maximum Gasteiger partial charge on any atom is 0.408 e. The maximum atomic E-state index is 14.8. The van der Waals surface area contributed by atoms with Gasteiger partial charge in [-0.15, -0.1) is 0 Å². The summed E-state index contributed by atoms with van der Waals surface area (Å²) in [6, 6.07) is 5.14. The number of methoxy groups -OCH3 is 1. The zero-order valence-corrected chi connectivity index (χ0v) is 33.1. The maximum absolute atomic E-state index is 14.8. The number of pyridine rings is 1. The predicted molar refractivity (Wildman–Crippen MR) is 202 cm³/mol. The molecular formula is C39H53N5O10S. The third-order valence-electron chi connectivity index (χ3n) is 11.2. The Hall–Kier alpha value is -4.44. The van der Waals surface area contributed by atoms with E-state index in [4.69, 9.17) is 14.2 Å². The van der Waals surface area contributed by atoms with Crippen LogP contribution in [0.3, 0.4) is 0 Å². The molecule has 0 radical (unpaired) electrons. The summed E-state index contributed by atoms with van der Waals surface area (Å²) in [5.74, 6) is -2.03. The smallest absolute Gasteiger partial charge is 0.408 e. The lowest BCUT2D eigenvalue weighted by atomic mass is 9.88. The van der Waals surface area contributed by atoms with Gasteiger partial charge in [0.25, 0.3) is 5.91 Å². The number of nitrogens with one attached hydrogen (secondary N) is 3. The number of aliphatic hydroxyl groups excluding tert-OH is 1. The van der Waals surface area contributed by atoms with Crippen LogP contribution in [0.25, 0.3) is 10.8 Å². The Morgan fingerprint density at radius 3 is 2.47 bits per heavy atom. The molecule has 2 aromatic rings. The molecule has 1 unspecified atom stereocenters. The fourth-order valence-corrected chi connectivity index (χ4v) is 9.23. The standard InChI is InChI=1S/C39H53N5O10S/c1-23-11-7-8-12-25-19-39(25,35(48)43-55(50,51)38(22-45)15-16-38)42-32(46)29-18-26(53-33-28-14-10-9-13-27(28)30(52-6)20-40-33)21-44(29)34(47)31(24(2)17-23)41-36(49)54-37(3,4)5/h8-10,12-14,20,23-26,29,31,45H,7,11,15-19,21-22H2,1-6H3,(H,41,49)(H,42,46)(H,43,48)/b12-8-/t23-,24+,25+,26+,29?,31-,39+/m0/s1. The molecule has 0 spiro atoms. The summed E-state index contributed by atoms with van der Waals surface area (Å²) in [5.41, 5.74) is -2.45. The van der Waals surface area contributed by atoms with Crippen LogP contribution in [-0.2, 0) is 29.1 Å². The van der Waals surface area contributed by atoms with Gasteiger partial charge in [0, 0.05) is 23.1 Å². The quantitative estimate of drug-likeness (QED) is 0.286. The molecule has 300 valence electrons. The number of sulfonamides is 1. The molecule has 1 aromatic carbocycles. The first-order chi connectivity index (χ1) is 25.9. The van der Waals surface area contributed by atoms with Crippen molar-refractivity contribution in [1.82, 2.24) is 25.2 Å². The number of carbonyl (C=O) groups excluding carboxylic acids is 4. The molecule has 3 heterocycles. The normalized spacial score (nSPS) is 30.1. The minimum atomic E-state index is -4.26. The third kappa shape index (κ3) is 8.39. The van der Waals surface area contributed by atoms with Crippen molar-refractivity contribution >= 4 is 44.6 Å². The van der Waals surface area contributed by atoms with Crippen LogP contribution in [0.5, 0.6) is 11.6 Å². The molecule has 2 aliphatic carbocycles. The molecule has 2 saturated carbocycles. The number of ether oxygens (including phenoxy) is 3. The SMILES string of the molecule is COc1cnc(O[C@@H]2CC3C(=O)N[C@]4(C(=O)NS(=O)(=O)C5(CO)CC5)C[C@H]4/C=C\CC[C@H](C)C[C@@H](C)[C@H](NC(=O)OC(C)(C)C)C(=O)N3C2)c2ccccc12. The summed E-state index contributed by atoms with van der Waals surface area (Å²) >= 11 is 0. The lowest BCUT2D eigenvalue weighted by Gasteiger charge is -2.33. The van der Waals surface area contributed by atoms with Crippen LogP contribution in [0.4, 0.5) is 4.79 Å². The molecular weight excluding hydrogens is 731 g/mol. The second-order valence-electron chi connectivity index (χ2n) is 16.7. The number of benzene rings is 1. The molecule has 1 aromatic heterocycles. The van der Waals surface area contributed by atoms with Gasteiger partial charge in [-0.3, -0.25) is 19.1 Å². The van der Waals surface area contributed by atoms with Gasteiger partial charge in [-0.2, -0.15) is 0 Å². The average Bonchev–Trinajstić information content (AvgIpc) is 4.02. The van der Waals surface area contributed by atoms with Crippen molar-refractivity contribution in [3.05, 3.63) is 42.6 Å². The Morgan fingerprint density at radius 1 is 1.11 bits per heavy atom. The summed E-state index contributed by atoms with van der Waals surface area (Å²) in [7, 11) is -2.72. The van der Waals surface area contributed by atoms with E-state index in [0.717, 1.165) is 11.8 Å². The minimum Gasteiger partial charge on any atom is -0.494 e. The first-order valence-electron chi connectivity index (χ1n) is 19.0. The lowest BCUT2D eigenvalue weighted by Crippen LogP contribution is -2.59. The first-order valence-corrected chi connectivity index (χ1v) is 20.5. The van der Waals surface area contributed by atoms with Gasteiger partial charge in [-0.1, -0.05) is 44.2 Å². The van der Waals surface area contributed by atoms with Crippen molar-refractivity contribution in [3.8, 4) is 11.6 Å². The number of nitrogens with zero attached hydrogens (tertiary/aromatic N) is 2. The minimum absolute atomic E-state index is 0.00762. The Morgan fingerprint density at radius 2 is 1.82 bits per heavy atom. The first kappa shape index (κ1) is 40.2. The lowest BCUT2D eigenvalue weighted by molar-refractivity contribution is -0.142. The van der Waals surface area contributed by atoms with E-state index >= 15 is 0 Å². The zero-order valence-electron chi connectivity index (χ0n) is 32.3. The summed E-state index contributed by atoms with van der Waals surface area (Å²) < 4.78 is 44.7. The third-order valence-corrected chi connectivity index (χ3v) is 13.3. The van der Waals surface area contributed by atoms with Gasteiger partial charge in [0.1, 0.15) is 39.8 Å². The van der Waals surface area contributed by atoms with Crippen LogP contribution < -0.4 is 24.8 Å². The van der Waals surface area contributed by atoms with E-state index in [2.05, 4.69) is 27.3 Å². The molecule has 3 fully saturated rings. The van der Waals surface area contributed by atoms with Crippen molar-refractivity contribution in [2.75, 3.05) is 20.3 Å². The van der Waals surface area contributed by atoms with Crippen molar-refractivity contribution in [2.45, 2.75) is 114 Å². The van der Waals surface area contributed by atoms with E-state index in [1.807, 2.05) is 43.3 Å². The molecule has 2 aliphatic heterocycles. The molecule has 16 heteroatoms. The Kier molecular flexibility index (Phi) is 11.1. The van der Waals surface area contributed by atoms with Gasteiger partial charge in [0.05, 0.1) is 26.5 Å². The van der Waals surface area contributed by atoms with Crippen LogP contribution >= 0.6 is 0 Å². The molecule has 55 heavy (non-hydrogen) atoms. The van der Waals surface area contributed by atoms with Gasteiger partial charge >= 0.3 is 6.09 Å². The fraction of sp³-hybridized carbons (Fsp3) is 0.615. The van der Waals surface area contributed by atoms with Crippen molar-refractivity contribution in [3.63, 3.8) is 0 Å². The Bertz CT molecular complexity index is 1960. The molecule has 1 saturated heterocycles. The number of aliphatic hydroxyl groups is 1. The number of carbonyl (C=O) groups is 4. The Labute approximate surface area is 322 Å². The number of amides is 4. The highest BCUT2D eigenvalue weighted by atomic mass is 32.2. The Balaban J connectivity index is 1.35. The summed E-state index contributed by atoms with van der Waals surface area (Å²) in [6.07, 6.45) is 6.31. The second-order valence-corrected chi connectivity index (χ2v) is 18.7. The average molecular weight is 784 g/mol. The van der Waals surface area contributed by atoms with Crippen LogP contribution in [0, 0.1) is 17.8 Å². The number of rotatable bonds is 8. The summed E-state index contributed by atoms with van der Waals surface area (Å²) in [4.78, 5) is 62.2. The van der Waals surface area contributed by atoms with Crippen LogP contribution in [0.1, 0.15) is 79.6 Å². The van der Waals surface area contributed by atoms with Crippen LogP contribution in [-0.4, -0.2) is 102 Å². The van der Waals surface area contributed by atoms with E-state index in [9.17, 15) is 32.7 Å². The van der Waals surface area contributed by atoms with Crippen molar-refractivity contribution in [1.29, 1.82) is 0 Å². The van der Waals surface area contributed by atoms with Gasteiger partial charge in [-0.25, -0.2) is 18.2 Å². The highest BCUT2D eigenvalue weighted by molar-refractivity contribution is 7.91. The van der Waals surface area contributed by atoms with Gasteiger partial charge in [0.15, 0.2) is 0 Å².